The maximum absolute atomic E-state index is 12.0. The van der Waals surface area contributed by atoms with Crippen molar-refractivity contribution in [1.29, 1.82) is 0 Å². The Morgan fingerprint density at radius 1 is 1.39 bits per heavy atom. The van der Waals surface area contributed by atoms with Crippen molar-refractivity contribution in [3.8, 4) is 5.75 Å². The smallest absolute Gasteiger partial charge is 0.227 e. The van der Waals surface area contributed by atoms with Gasteiger partial charge in [-0.25, -0.2) is 0 Å². The molecule has 0 saturated carbocycles. The molecule has 1 aliphatic heterocycles. The van der Waals surface area contributed by atoms with E-state index in [0.29, 0.717) is 36.5 Å². The fourth-order valence-corrected chi connectivity index (χ4v) is 2.31. The number of phenolic OH excluding ortho intramolecular Hbond substituents is 1. The first-order chi connectivity index (χ1) is 8.56. The highest BCUT2D eigenvalue weighted by Crippen LogP contribution is 2.23. The lowest BCUT2D eigenvalue weighted by atomic mass is 10.1. The van der Waals surface area contributed by atoms with E-state index in [1.165, 1.54) is 12.1 Å². The Morgan fingerprint density at radius 3 is 2.67 bits per heavy atom. The molecule has 2 N–H and O–H groups in total. The SMILES string of the molecule is O=C(Cc1ccc(O)cc1Cl)N1CCC(O)CC1. The van der Waals surface area contributed by atoms with Gasteiger partial charge in [0, 0.05) is 18.1 Å². The third-order valence-electron chi connectivity index (χ3n) is 3.20. The molecule has 1 saturated heterocycles. The molecule has 1 aliphatic rings. The molecule has 1 heterocycles. The summed E-state index contributed by atoms with van der Waals surface area (Å²) in [6.45, 7) is 1.19. The molecule has 1 aromatic rings. The molecule has 4 nitrogen and oxygen atoms in total. The van der Waals surface area contributed by atoms with Crippen LogP contribution in [-0.2, 0) is 11.2 Å². The van der Waals surface area contributed by atoms with Crippen LogP contribution in [0.15, 0.2) is 18.2 Å². The van der Waals surface area contributed by atoms with Crippen molar-refractivity contribution < 1.29 is 15.0 Å². The number of amides is 1. The highest BCUT2D eigenvalue weighted by atomic mass is 35.5. The summed E-state index contributed by atoms with van der Waals surface area (Å²) >= 11 is 5.96. The minimum Gasteiger partial charge on any atom is -0.508 e. The number of carbonyl (C=O) groups is 1. The molecule has 0 radical (unpaired) electrons. The maximum Gasteiger partial charge on any atom is 0.227 e. The molecule has 5 heteroatoms. The Bertz CT molecular complexity index is 442. The lowest BCUT2D eigenvalue weighted by Crippen LogP contribution is -2.40. The number of nitrogens with zero attached hydrogens (tertiary/aromatic N) is 1. The summed E-state index contributed by atoms with van der Waals surface area (Å²) in [5.41, 5.74) is 0.714. The number of hydrogen-bond donors (Lipinski definition) is 2. The fourth-order valence-electron chi connectivity index (χ4n) is 2.07. The normalized spacial score (nSPS) is 16.9. The fraction of sp³-hybridized carbons (Fsp3) is 0.462. The molecule has 1 amide bonds. The van der Waals surface area contributed by atoms with Gasteiger partial charge in [-0.2, -0.15) is 0 Å². The number of carbonyl (C=O) groups excluding carboxylic acids is 1. The number of likely N-dealkylation sites (tertiary alicyclic amines) is 1. The van der Waals surface area contributed by atoms with Crippen LogP contribution in [0.4, 0.5) is 0 Å². The molecule has 2 rings (SSSR count). The summed E-state index contributed by atoms with van der Waals surface area (Å²) in [4.78, 5) is 13.8. The average Bonchev–Trinajstić information content (AvgIpc) is 2.33. The van der Waals surface area contributed by atoms with E-state index in [1.807, 2.05) is 0 Å². The van der Waals surface area contributed by atoms with Crippen LogP contribution < -0.4 is 0 Å². The van der Waals surface area contributed by atoms with E-state index in [-0.39, 0.29) is 24.2 Å². The van der Waals surface area contributed by atoms with Gasteiger partial charge in [0.05, 0.1) is 12.5 Å². The topological polar surface area (TPSA) is 60.8 Å². The van der Waals surface area contributed by atoms with Crippen LogP contribution in [0.1, 0.15) is 18.4 Å². The highest BCUT2D eigenvalue weighted by molar-refractivity contribution is 6.31. The van der Waals surface area contributed by atoms with Crippen LogP contribution in [0.5, 0.6) is 5.75 Å². The van der Waals surface area contributed by atoms with Crippen LogP contribution in [-0.4, -0.2) is 40.2 Å². The highest BCUT2D eigenvalue weighted by Gasteiger charge is 2.21. The predicted octanol–water partition coefficient (Wildman–Crippen LogP) is 1.57. The van der Waals surface area contributed by atoms with Crippen molar-refractivity contribution in [1.82, 2.24) is 4.90 Å². The van der Waals surface area contributed by atoms with Crippen molar-refractivity contribution in [2.45, 2.75) is 25.4 Å². The number of phenols is 1. The van der Waals surface area contributed by atoms with E-state index in [2.05, 4.69) is 0 Å². The van der Waals surface area contributed by atoms with Crippen molar-refractivity contribution in [2.24, 2.45) is 0 Å². The molecule has 18 heavy (non-hydrogen) atoms. The van der Waals surface area contributed by atoms with E-state index in [9.17, 15) is 15.0 Å². The van der Waals surface area contributed by atoms with Crippen molar-refractivity contribution in [3.63, 3.8) is 0 Å². The molecular weight excluding hydrogens is 254 g/mol. The van der Waals surface area contributed by atoms with Crippen molar-refractivity contribution in [3.05, 3.63) is 28.8 Å². The van der Waals surface area contributed by atoms with Gasteiger partial charge in [-0.15, -0.1) is 0 Å². The predicted molar refractivity (Wildman–Crippen MR) is 68.6 cm³/mol. The standard InChI is InChI=1S/C13H16ClNO3/c14-12-8-11(17)2-1-9(12)7-13(18)15-5-3-10(16)4-6-15/h1-2,8,10,16-17H,3-7H2. The van der Waals surface area contributed by atoms with Gasteiger partial charge in [-0.05, 0) is 30.5 Å². The minimum absolute atomic E-state index is 0.00879. The molecule has 0 aliphatic carbocycles. The first-order valence-corrected chi connectivity index (χ1v) is 6.37. The largest absolute Gasteiger partial charge is 0.508 e. The van der Waals surface area contributed by atoms with Gasteiger partial charge in [0.15, 0.2) is 0 Å². The molecular formula is C13H16ClNO3. The Labute approximate surface area is 111 Å². The number of halogens is 1. The van der Waals surface area contributed by atoms with Crippen molar-refractivity contribution >= 4 is 17.5 Å². The summed E-state index contributed by atoms with van der Waals surface area (Å²) in [6.07, 6.45) is 1.21. The third kappa shape index (κ3) is 3.15. The van der Waals surface area contributed by atoms with Crippen LogP contribution in [0.3, 0.4) is 0 Å². The number of benzene rings is 1. The first kappa shape index (κ1) is 13.2. The summed E-state index contributed by atoms with van der Waals surface area (Å²) in [5, 5.41) is 19.0. The number of rotatable bonds is 2. The molecule has 1 fully saturated rings. The number of aliphatic hydroxyl groups is 1. The number of piperidine rings is 1. The summed E-state index contributed by atoms with van der Waals surface area (Å²) in [6, 6.07) is 4.62. The molecule has 0 bridgehead atoms. The number of aromatic hydroxyl groups is 1. The van der Waals surface area contributed by atoms with Gasteiger partial charge in [-0.1, -0.05) is 17.7 Å². The third-order valence-corrected chi connectivity index (χ3v) is 3.55. The van der Waals surface area contributed by atoms with Crippen LogP contribution in [0, 0.1) is 0 Å². The average molecular weight is 270 g/mol. The molecule has 0 unspecified atom stereocenters. The van der Waals surface area contributed by atoms with Crippen LogP contribution in [0.25, 0.3) is 0 Å². The summed E-state index contributed by atoms with van der Waals surface area (Å²) < 4.78 is 0. The van der Waals surface area contributed by atoms with E-state index in [4.69, 9.17) is 11.6 Å². The van der Waals surface area contributed by atoms with Crippen LogP contribution in [0.2, 0.25) is 5.02 Å². The molecule has 98 valence electrons. The second-order valence-electron chi connectivity index (χ2n) is 4.56. The number of hydrogen-bond acceptors (Lipinski definition) is 3. The van der Waals surface area contributed by atoms with Gasteiger partial charge >= 0.3 is 0 Å². The monoisotopic (exact) mass is 269 g/mol. The van der Waals surface area contributed by atoms with E-state index >= 15 is 0 Å². The lowest BCUT2D eigenvalue weighted by molar-refractivity contribution is -0.132. The van der Waals surface area contributed by atoms with E-state index in [1.54, 1.807) is 11.0 Å². The zero-order valence-corrected chi connectivity index (χ0v) is 10.7. The summed E-state index contributed by atoms with van der Waals surface area (Å²) in [5.74, 6) is 0.104. The number of aliphatic hydroxyl groups excluding tert-OH is 1. The van der Waals surface area contributed by atoms with Gasteiger partial charge in [0.2, 0.25) is 5.91 Å². The Balaban J connectivity index is 1.98. The van der Waals surface area contributed by atoms with E-state index in [0.717, 1.165) is 0 Å². The summed E-state index contributed by atoms with van der Waals surface area (Å²) in [7, 11) is 0. The Hall–Kier alpha value is -1.26. The second kappa shape index (κ2) is 5.59. The molecule has 1 aromatic carbocycles. The second-order valence-corrected chi connectivity index (χ2v) is 4.97. The van der Waals surface area contributed by atoms with Gasteiger partial charge < -0.3 is 15.1 Å². The Morgan fingerprint density at radius 2 is 2.06 bits per heavy atom. The van der Waals surface area contributed by atoms with Crippen molar-refractivity contribution in [2.75, 3.05) is 13.1 Å². The van der Waals surface area contributed by atoms with Gasteiger partial charge in [0.1, 0.15) is 5.75 Å². The lowest BCUT2D eigenvalue weighted by Gasteiger charge is -2.29. The van der Waals surface area contributed by atoms with Gasteiger partial charge in [0.25, 0.3) is 0 Å². The zero-order valence-electron chi connectivity index (χ0n) is 9.97. The minimum atomic E-state index is -0.286. The zero-order chi connectivity index (χ0) is 13.1. The molecule has 0 spiro atoms. The maximum atomic E-state index is 12.0. The molecule has 0 aromatic heterocycles. The van der Waals surface area contributed by atoms with Gasteiger partial charge in [-0.3, -0.25) is 4.79 Å². The Kier molecular flexibility index (Phi) is 4.09. The van der Waals surface area contributed by atoms with E-state index < -0.39 is 0 Å². The first-order valence-electron chi connectivity index (χ1n) is 5.99. The quantitative estimate of drug-likeness (QED) is 0.857. The van der Waals surface area contributed by atoms with Crippen LogP contribution >= 0.6 is 11.6 Å². The molecule has 0 atom stereocenters.